The van der Waals surface area contributed by atoms with Gasteiger partial charge in [0.1, 0.15) is 11.5 Å². The molecule has 0 spiro atoms. The molecule has 82 valence electrons. The van der Waals surface area contributed by atoms with Crippen LogP contribution in [0.15, 0.2) is 18.2 Å². The lowest BCUT2D eigenvalue weighted by molar-refractivity contribution is 0.390. The first-order valence-corrected chi connectivity index (χ1v) is 5.07. The van der Waals surface area contributed by atoms with Crippen LogP contribution in [-0.2, 0) is 5.54 Å². The lowest BCUT2D eigenvalue weighted by atomic mass is 9.96. The van der Waals surface area contributed by atoms with Crippen molar-refractivity contribution in [3.8, 4) is 11.5 Å². The predicted octanol–water partition coefficient (Wildman–Crippen LogP) is 1.98. The summed E-state index contributed by atoms with van der Waals surface area (Å²) in [6.07, 6.45) is 0.946. The first kappa shape index (κ1) is 10.3. The summed E-state index contributed by atoms with van der Waals surface area (Å²) in [4.78, 5) is 0. The quantitative estimate of drug-likeness (QED) is 0.779. The number of hydrogen-bond donors (Lipinski definition) is 2. The van der Waals surface area contributed by atoms with Gasteiger partial charge in [-0.05, 0) is 24.0 Å². The third-order valence-corrected chi connectivity index (χ3v) is 3.47. The smallest absolute Gasteiger partial charge is 0.127 e. The fourth-order valence-electron chi connectivity index (χ4n) is 2.16. The van der Waals surface area contributed by atoms with E-state index in [-0.39, 0.29) is 16.7 Å². The van der Waals surface area contributed by atoms with E-state index >= 15 is 0 Å². The molecule has 3 nitrogen and oxygen atoms in total. The Morgan fingerprint density at radius 1 is 1.40 bits per heavy atom. The maximum atomic E-state index is 9.36. The number of hydrogen-bond acceptors (Lipinski definition) is 3. The monoisotopic (exact) mass is 207 g/mol. The molecule has 2 rings (SSSR count). The van der Waals surface area contributed by atoms with E-state index in [2.05, 4.69) is 13.8 Å². The van der Waals surface area contributed by atoms with E-state index in [9.17, 15) is 5.11 Å². The number of benzene rings is 1. The van der Waals surface area contributed by atoms with Gasteiger partial charge in [-0.25, -0.2) is 0 Å². The summed E-state index contributed by atoms with van der Waals surface area (Å²) in [5.41, 5.74) is 7.08. The maximum Gasteiger partial charge on any atom is 0.127 e. The summed E-state index contributed by atoms with van der Waals surface area (Å²) in [6.45, 7) is 4.28. The van der Waals surface area contributed by atoms with Crippen molar-refractivity contribution in [2.24, 2.45) is 11.1 Å². The zero-order valence-corrected chi connectivity index (χ0v) is 9.37. The number of nitrogens with two attached hydrogens (primary N) is 1. The van der Waals surface area contributed by atoms with Gasteiger partial charge in [0.15, 0.2) is 0 Å². The third kappa shape index (κ3) is 1.38. The Balaban J connectivity index is 2.46. The van der Waals surface area contributed by atoms with Crippen LogP contribution >= 0.6 is 0 Å². The molecule has 0 radical (unpaired) electrons. The topological polar surface area (TPSA) is 55.5 Å². The van der Waals surface area contributed by atoms with Gasteiger partial charge in [-0.15, -0.1) is 0 Å². The van der Waals surface area contributed by atoms with Gasteiger partial charge < -0.3 is 15.6 Å². The Morgan fingerprint density at radius 2 is 2.00 bits per heavy atom. The number of ether oxygens (including phenoxy) is 1. The molecule has 0 amide bonds. The molecule has 1 atom stereocenters. The average Bonchev–Trinajstić information content (AvgIpc) is 2.66. The minimum atomic E-state index is -0.313. The Morgan fingerprint density at radius 3 is 2.47 bits per heavy atom. The van der Waals surface area contributed by atoms with Gasteiger partial charge in [0.2, 0.25) is 0 Å². The van der Waals surface area contributed by atoms with Crippen LogP contribution in [0.25, 0.3) is 0 Å². The second-order valence-electron chi connectivity index (χ2n) is 4.92. The zero-order valence-electron chi connectivity index (χ0n) is 9.37. The molecule has 3 N–H and O–H groups in total. The Hall–Kier alpha value is -1.22. The van der Waals surface area contributed by atoms with Crippen LogP contribution in [0.4, 0.5) is 0 Å². The standard InChI is InChI=1S/C12H17NO2/c1-11(2)7-12(11,13)9-5-4-8(14)6-10(9)15-3/h4-6,14H,7,13H2,1-3H3. The molecule has 15 heavy (non-hydrogen) atoms. The molecule has 1 saturated carbocycles. The predicted molar refractivity (Wildman–Crippen MR) is 58.9 cm³/mol. The molecule has 0 aromatic heterocycles. The first-order valence-electron chi connectivity index (χ1n) is 5.07. The van der Waals surface area contributed by atoms with Crippen LogP contribution in [0.5, 0.6) is 11.5 Å². The molecule has 1 fully saturated rings. The van der Waals surface area contributed by atoms with Gasteiger partial charge in [0, 0.05) is 11.6 Å². The second-order valence-corrected chi connectivity index (χ2v) is 4.92. The van der Waals surface area contributed by atoms with Gasteiger partial charge in [-0.3, -0.25) is 0 Å². The highest BCUT2D eigenvalue weighted by molar-refractivity contribution is 5.48. The fraction of sp³-hybridized carbons (Fsp3) is 0.500. The van der Waals surface area contributed by atoms with Crippen molar-refractivity contribution in [1.82, 2.24) is 0 Å². The van der Waals surface area contributed by atoms with Gasteiger partial charge in [-0.1, -0.05) is 13.8 Å². The molecule has 1 aromatic carbocycles. The van der Waals surface area contributed by atoms with Crippen LogP contribution in [0.3, 0.4) is 0 Å². The van der Waals surface area contributed by atoms with Crippen molar-refractivity contribution in [2.45, 2.75) is 25.8 Å². The highest BCUT2D eigenvalue weighted by Crippen LogP contribution is 2.62. The Kier molecular flexibility index (Phi) is 1.98. The summed E-state index contributed by atoms with van der Waals surface area (Å²) in [5, 5.41) is 9.36. The Bertz CT molecular complexity index is 401. The summed E-state index contributed by atoms with van der Waals surface area (Å²) in [6, 6.07) is 5.11. The molecule has 1 aliphatic carbocycles. The van der Waals surface area contributed by atoms with E-state index in [1.54, 1.807) is 19.2 Å². The van der Waals surface area contributed by atoms with Crippen molar-refractivity contribution >= 4 is 0 Å². The fourth-order valence-corrected chi connectivity index (χ4v) is 2.16. The van der Waals surface area contributed by atoms with E-state index in [0.717, 1.165) is 12.0 Å². The van der Waals surface area contributed by atoms with E-state index in [1.165, 1.54) is 0 Å². The molecule has 3 heteroatoms. The number of rotatable bonds is 2. The van der Waals surface area contributed by atoms with Crippen LogP contribution < -0.4 is 10.5 Å². The highest BCUT2D eigenvalue weighted by Gasteiger charge is 2.60. The minimum absolute atomic E-state index is 0.108. The maximum absolute atomic E-state index is 9.36. The van der Waals surface area contributed by atoms with E-state index < -0.39 is 0 Å². The molecule has 0 heterocycles. The third-order valence-electron chi connectivity index (χ3n) is 3.47. The van der Waals surface area contributed by atoms with E-state index in [4.69, 9.17) is 10.5 Å². The normalized spacial score (nSPS) is 27.5. The summed E-state index contributed by atoms with van der Waals surface area (Å²) < 4.78 is 5.25. The van der Waals surface area contributed by atoms with Crippen molar-refractivity contribution in [2.75, 3.05) is 7.11 Å². The van der Waals surface area contributed by atoms with Gasteiger partial charge in [0.05, 0.1) is 12.6 Å². The van der Waals surface area contributed by atoms with Crippen molar-refractivity contribution in [3.05, 3.63) is 23.8 Å². The van der Waals surface area contributed by atoms with Crippen LogP contribution in [0, 0.1) is 5.41 Å². The number of phenolic OH excluding ortho intramolecular Hbond substituents is 1. The van der Waals surface area contributed by atoms with E-state index in [1.807, 2.05) is 6.07 Å². The lowest BCUT2D eigenvalue weighted by Gasteiger charge is -2.18. The lowest BCUT2D eigenvalue weighted by Crippen LogP contribution is -2.26. The molecule has 0 saturated heterocycles. The summed E-state index contributed by atoms with van der Waals surface area (Å²) >= 11 is 0. The first-order chi connectivity index (χ1) is 6.90. The minimum Gasteiger partial charge on any atom is -0.508 e. The van der Waals surface area contributed by atoms with Crippen molar-refractivity contribution in [1.29, 1.82) is 0 Å². The van der Waals surface area contributed by atoms with Gasteiger partial charge in [-0.2, -0.15) is 0 Å². The summed E-state index contributed by atoms with van der Waals surface area (Å²) in [7, 11) is 1.59. The zero-order chi connectivity index (χ0) is 11.3. The molecular formula is C12H17NO2. The SMILES string of the molecule is COc1cc(O)ccc1C1(N)CC1(C)C. The van der Waals surface area contributed by atoms with Crippen LogP contribution in [0.2, 0.25) is 0 Å². The average molecular weight is 207 g/mol. The molecule has 0 bridgehead atoms. The molecular weight excluding hydrogens is 190 g/mol. The van der Waals surface area contributed by atoms with Crippen molar-refractivity contribution < 1.29 is 9.84 Å². The van der Waals surface area contributed by atoms with Gasteiger partial charge in [0.25, 0.3) is 0 Å². The highest BCUT2D eigenvalue weighted by atomic mass is 16.5. The Labute approximate surface area is 89.9 Å². The largest absolute Gasteiger partial charge is 0.508 e. The van der Waals surface area contributed by atoms with E-state index in [0.29, 0.717) is 5.75 Å². The second kappa shape index (κ2) is 2.89. The van der Waals surface area contributed by atoms with Crippen molar-refractivity contribution in [3.63, 3.8) is 0 Å². The number of aromatic hydroxyl groups is 1. The number of methoxy groups -OCH3 is 1. The van der Waals surface area contributed by atoms with Gasteiger partial charge >= 0.3 is 0 Å². The van der Waals surface area contributed by atoms with Crippen LogP contribution in [0.1, 0.15) is 25.8 Å². The molecule has 1 aliphatic rings. The molecule has 0 aliphatic heterocycles. The molecule has 1 unspecified atom stereocenters. The molecule has 1 aromatic rings. The van der Waals surface area contributed by atoms with Crippen LogP contribution in [-0.4, -0.2) is 12.2 Å². The summed E-state index contributed by atoms with van der Waals surface area (Å²) in [5.74, 6) is 0.876. The number of phenols is 1.